The summed E-state index contributed by atoms with van der Waals surface area (Å²) in [5, 5.41) is 6.13. The number of thiophene rings is 1. The van der Waals surface area contributed by atoms with Crippen LogP contribution < -0.4 is 5.76 Å². The lowest BCUT2D eigenvalue weighted by molar-refractivity contribution is -0.133. The van der Waals surface area contributed by atoms with Crippen molar-refractivity contribution in [3.63, 3.8) is 0 Å². The zero-order valence-corrected chi connectivity index (χ0v) is 15.9. The summed E-state index contributed by atoms with van der Waals surface area (Å²) in [6, 6.07) is 9.61. The molecule has 0 spiro atoms. The van der Waals surface area contributed by atoms with Crippen molar-refractivity contribution in [3.05, 3.63) is 63.0 Å². The van der Waals surface area contributed by atoms with Crippen molar-refractivity contribution in [2.24, 2.45) is 0 Å². The molecule has 28 heavy (non-hydrogen) atoms. The van der Waals surface area contributed by atoms with Crippen LogP contribution in [0.4, 0.5) is 4.39 Å². The Bertz CT molecular complexity index is 989. The Morgan fingerprint density at radius 1 is 1.14 bits per heavy atom. The first-order chi connectivity index (χ1) is 13.6. The van der Waals surface area contributed by atoms with E-state index in [0.29, 0.717) is 18.7 Å². The molecule has 0 atom stereocenters. The third-order valence-electron chi connectivity index (χ3n) is 4.67. The van der Waals surface area contributed by atoms with Gasteiger partial charge in [0.1, 0.15) is 12.4 Å². The molecule has 1 aromatic carbocycles. The third kappa shape index (κ3) is 4.20. The van der Waals surface area contributed by atoms with Gasteiger partial charge in [0.25, 0.3) is 0 Å². The van der Waals surface area contributed by atoms with Gasteiger partial charge < -0.3 is 9.32 Å². The molecule has 0 radical (unpaired) electrons. The predicted octanol–water partition coefficient (Wildman–Crippen LogP) is 2.05. The van der Waals surface area contributed by atoms with Crippen LogP contribution >= 0.6 is 11.3 Å². The molecule has 0 bridgehead atoms. The van der Waals surface area contributed by atoms with Crippen molar-refractivity contribution in [1.82, 2.24) is 19.6 Å². The Labute approximate surface area is 164 Å². The standard InChI is InChI=1S/C19H19FN4O3S/c20-15-5-3-14(4-6-15)18-21-24(19(26)27-18)13-17(25)23-9-7-22(8-10-23)12-16-2-1-11-28-16/h1-6,11H,7-10,12-13H2. The summed E-state index contributed by atoms with van der Waals surface area (Å²) in [5.74, 6) is -1.20. The highest BCUT2D eigenvalue weighted by Gasteiger charge is 2.23. The van der Waals surface area contributed by atoms with Gasteiger partial charge in [0.05, 0.1) is 0 Å². The Balaban J connectivity index is 1.35. The molecule has 9 heteroatoms. The first-order valence-electron chi connectivity index (χ1n) is 8.95. The molecule has 2 aromatic heterocycles. The summed E-state index contributed by atoms with van der Waals surface area (Å²) in [6.07, 6.45) is 0. The third-order valence-corrected chi connectivity index (χ3v) is 5.53. The molecule has 1 aliphatic heterocycles. The Kier molecular flexibility index (Phi) is 5.36. The topological polar surface area (TPSA) is 71.6 Å². The fourth-order valence-corrected chi connectivity index (χ4v) is 3.87. The second-order valence-electron chi connectivity index (χ2n) is 6.57. The lowest BCUT2D eigenvalue weighted by Crippen LogP contribution is -2.49. The molecule has 0 aliphatic carbocycles. The van der Waals surface area contributed by atoms with E-state index in [-0.39, 0.29) is 24.2 Å². The monoisotopic (exact) mass is 402 g/mol. The number of aromatic nitrogens is 2. The van der Waals surface area contributed by atoms with Crippen molar-refractivity contribution in [2.45, 2.75) is 13.1 Å². The van der Waals surface area contributed by atoms with Gasteiger partial charge in [-0.15, -0.1) is 16.4 Å². The highest BCUT2D eigenvalue weighted by Crippen LogP contribution is 2.16. The smallest absolute Gasteiger partial charge is 0.388 e. The van der Waals surface area contributed by atoms with E-state index in [9.17, 15) is 14.0 Å². The Hall–Kier alpha value is -2.78. The van der Waals surface area contributed by atoms with Crippen LogP contribution in [-0.4, -0.2) is 51.7 Å². The van der Waals surface area contributed by atoms with Crippen LogP contribution in [-0.2, 0) is 17.9 Å². The van der Waals surface area contributed by atoms with Crippen molar-refractivity contribution in [2.75, 3.05) is 26.2 Å². The first kappa shape index (κ1) is 18.6. The quantitative estimate of drug-likeness (QED) is 0.653. The highest BCUT2D eigenvalue weighted by molar-refractivity contribution is 7.09. The fourth-order valence-electron chi connectivity index (χ4n) is 3.12. The van der Waals surface area contributed by atoms with Gasteiger partial charge in [-0.25, -0.2) is 9.18 Å². The van der Waals surface area contributed by atoms with Gasteiger partial charge in [-0.1, -0.05) is 6.07 Å². The summed E-state index contributed by atoms with van der Waals surface area (Å²) in [7, 11) is 0. The molecule has 4 rings (SSSR count). The number of hydrogen-bond acceptors (Lipinski definition) is 6. The van der Waals surface area contributed by atoms with Gasteiger partial charge in [0.15, 0.2) is 0 Å². The second-order valence-corrected chi connectivity index (χ2v) is 7.61. The van der Waals surface area contributed by atoms with E-state index in [1.54, 1.807) is 16.2 Å². The van der Waals surface area contributed by atoms with Gasteiger partial charge in [-0.3, -0.25) is 9.69 Å². The average molecular weight is 402 g/mol. The van der Waals surface area contributed by atoms with Gasteiger partial charge in [0.2, 0.25) is 11.8 Å². The molecule has 0 unspecified atom stereocenters. The second kappa shape index (κ2) is 8.07. The van der Waals surface area contributed by atoms with Crippen LogP contribution in [0, 0.1) is 5.82 Å². The Morgan fingerprint density at radius 2 is 1.89 bits per heavy atom. The molecule has 146 valence electrons. The lowest BCUT2D eigenvalue weighted by atomic mass is 10.2. The molecule has 1 saturated heterocycles. The first-order valence-corrected chi connectivity index (χ1v) is 9.83. The van der Waals surface area contributed by atoms with Crippen LogP contribution in [0.5, 0.6) is 0 Å². The van der Waals surface area contributed by atoms with Gasteiger partial charge in [0, 0.05) is 43.2 Å². The largest absolute Gasteiger partial charge is 0.437 e. The summed E-state index contributed by atoms with van der Waals surface area (Å²) in [4.78, 5) is 29.9. The molecule has 1 fully saturated rings. The normalized spacial score (nSPS) is 15.1. The zero-order valence-electron chi connectivity index (χ0n) is 15.1. The van der Waals surface area contributed by atoms with Crippen LogP contribution in [0.2, 0.25) is 0 Å². The predicted molar refractivity (Wildman–Crippen MR) is 102 cm³/mol. The van der Waals surface area contributed by atoms with Crippen LogP contribution in [0.3, 0.4) is 0 Å². The number of amides is 1. The molecule has 0 saturated carbocycles. The number of carbonyl (C=O) groups excluding carboxylic acids is 1. The maximum Gasteiger partial charge on any atom is 0.437 e. The average Bonchev–Trinajstić information content (AvgIpc) is 3.33. The molecule has 7 nitrogen and oxygen atoms in total. The molecular formula is C19H19FN4O3S. The number of carbonyl (C=O) groups is 1. The lowest BCUT2D eigenvalue weighted by Gasteiger charge is -2.34. The molecule has 3 heterocycles. The zero-order chi connectivity index (χ0) is 19.5. The minimum absolute atomic E-state index is 0.0681. The maximum absolute atomic E-state index is 13.0. The minimum atomic E-state index is -0.705. The SMILES string of the molecule is O=C(Cn1nc(-c2ccc(F)cc2)oc1=O)N1CCN(Cc2cccs2)CC1. The van der Waals surface area contributed by atoms with E-state index in [1.807, 2.05) is 6.07 Å². The van der Waals surface area contributed by atoms with Crippen LogP contribution in [0.15, 0.2) is 51.0 Å². The number of piperazine rings is 1. The maximum atomic E-state index is 13.0. The number of rotatable bonds is 5. The summed E-state index contributed by atoms with van der Waals surface area (Å²) < 4.78 is 19.1. The van der Waals surface area contributed by atoms with Crippen molar-refractivity contribution in [3.8, 4) is 11.5 Å². The molecule has 0 N–H and O–H groups in total. The minimum Gasteiger partial charge on any atom is -0.388 e. The van der Waals surface area contributed by atoms with Crippen molar-refractivity contribution >= 4 is 17.2 Å². The van der Waals surface area contributed by atoms with E-state index in [0.717, 1.165) is 24.3 Å². The molecular weight excluding hydrogens is 383 g/mol. The number of benzene rings is 1. The summed E-state index contributed by atoms with van der Waals surface area (Å²) in [5.41, 5.74) is 0.479. The number of nitrogens with zero attached hydrogens (tertiary/aromatic N) is 4. The van der Waals surface area contributed by atoms with Crippen molar-refractivity contribution < 1.29 is 13.6 Å². The van der Waals surface area contributed by atoms with E-state index in [1.165, 1.54) is 29.1 Å². The summed E-state index contributed by atoms with van der Waals surface area (Å²) >= 11 is 1.73. The molecule has 3 aromatic rings. The highest BCUT2D eigenvalue weighted by atomic mass is 32.1. The van der Waals surface area contributed by atoms with E-state index >= 15 is 0 Å². The summed E-state index contributed by atoms with van der Waals surface area (Å²) in [6.45, 7) is 3.53. The fraction of sp³-hybridized carbons (Fsp3) is 0.316. The molecule has 1 amide bonds. The van der Waals surface area contributed by atoms with Crippen molar-refractivity contribution in [1.29, 1.82) is 0 Å². The number of hydrogen-bond donors (Lipinski definition) is 0. The van der Waals surface area contributed by atoms with Gasteiger partial charge in [-0.05, 0) is 35.7 Å². The van der Waals surface area contributed by atoms with Crippen LogP contribution in [0.25, 0.3) is 11.5 Å². The van der Waals surface area contributed by atoms with Crippen LogP contribution in [0.1, 0.15) is 4.88 Å². The van der Waals surface area contributed by atoms with Gasteiger partial charge in [-0.2, -0.15) is 4.68 Å². The van der Waals surface area contributed by atoms with E-state index in [2.05, 4.69) is 21.4 Å². The van der Waals surface area contributed by atoms with E-state index < -0.39 is 5.76 Å². The molecule has 1 aliphatic rings. The van der Waals surface area contributed by atoms with Gasteiger partial charge >= 0.3 is 5.76 Å². The number of halogens is 1. The van der Waals surface area contributed by atoms with E-state index in [4.69, 9.17) is 4.42 Å². The Morgan fingerprint density at radius 3 is 2.57 bits per heavy atom.